The van der Waals surface area contributed by atoms with Gasteiger partial charge in [0.1, 0.15) is 5.69 Å². The third kappa shape index (κ3) is 3.97. The molecule has 1 aromatic carbocycles. The average Bonchev–Trinajstić information content (AvgIpc) is 2.93. The molecule has 0 aliphatic heterocycles. The molecule has 1 fully saturated rings. The first-order chi connectivity index (χ1) is 11.1. The summed E-state index contributed by atoms with van der Waals surface area (Å²) in [6.07, 6.45) is 7.43. The first-order valence-electron chi connectivity index (χ1n) is 8.29. The van der Waals surface area contributed by atoms with E-state index in [0.29, 0.717) is 23.2 Å². The minimum Gasteiger partial charge on any atom is -0.477 e. The van der Waals surface area contributed by atoms with E-state index >= 15 is 0 Å². The Labute approximate surface area is 141 Å². The molecule has 0 spiro atoms. The maximum absolute atomic E-state index is 11.5. The van der Waals surface area contributed by atoms with E-state index in [9.17, 15) is 9.90 Å². The lowest BCUT2D eigenvalue weighted by molar-refractivity contribution is 0.0685. The highest BCUT2D eigenvalue weighted by molar-refractivity contribution is 6.30. The van der Waals surface area contributed by atoms with Gasteiger partial charge >= 0.3 is 5.97 Å². The van der Waals surface area contributed by atoms with Crippen molar-refractivity contribution in [2.75, 3.05) is 0 Å². The summed E-state index contributed by atoms with van der Waals surface area (Å²) in [6.45, 7) is 0.577. The molecule has 3 nitrogen and oxygen atoms in total. The number of nitrogens with zero attached hydrogens (tertiary/aromatic N) is 1. The van der Waals surface area contributed by atoms with Crippen LogP contribution in [0.5, 0.6) is 0 Å². The molecule has 0 saturated heterocycles. The van der Waals surface area contributed by atoms with Gasteiger partial charge in [0.2, 0.25) is 0 Å². The zero-order chi connectivity index (χ0) is 16.2. The molecule has 3 rings (SSSR count). The van der Waals surface area contributed by atoms with Crippen LogP contribution in [-0.4, -0.2) is 15.6 Å². The van der Waals surface area contributed by atoms with Crippen molar-refractivity contribution < 1.29 is 9.90 Å². The maximum atomic E-state index is 11.5. The second-order valence-electron chi connectivity index (χ2n) is 6.44. The van der Waals surface area contributed by atoms with E-state index in [4.69, 9.17) is 11.6 Å². The van der Waals surface area contributed by atoms with Crippen LogP contribution in [0.3, 0.4) is 0 Å². The van der Waals surface area contributed by atoms with E-state index in [0.717, 1.165) is 17.7 Å². The molecule has 23 heavy (non-hydrogen) atoms. The van der Waals surface area contributed by atoms with Gasteiger partial charge in [-0.3, -0.25) is 0 Å². The van der Waals surface area contributed by atoms with Gasteiger partial charge in [0.25, 0.3) is 0 Å². The molecule has 0 atom stereocenters. The lowest BCUT2D eigenvalue weighted by Gasteiger charge is -2.22. The molecule has 0 amide bonds. The molecule has 1 aromatic heterocycles. The molecule has 0 unspecified atom stereocenters. The summed E-state index contributed by atoms with van der Waals surface area (Å²) in [5.74, 6) is -0.182. The summed E-state index contributed by atoms with van der Waals surface area (Å²) < 4.78 is 1.94. The number of halogens is 1. The van der Waals surface area contributed by atoms with Gasteiger partial charge in [0, 0.05) is 17.3 Å². The van der Waals surface area contributed by atoms with E-state index < -0.39 is 5.97 Å². The van der Waals surface area contributed by atoms with Crippen molar-refractivity contribution in [2.45, 2.75) is 45.1 Å². The number of carboxylic acid groups (broad SMARTS) is 1. The number of aromatic nitrogens is 1. The Balaban J connectivity index is 1.84. The molecule has 0 bridgehead atoms. The van der Waals surface area contributed by atoms with E-state index in [2.05, 4.69) is 0 Å². The van der Waals surface area contributed by atoms with Gasteiger partial charge in [-0.1, -0.05) is 55.8 Å². The van der Waals surface area contributed by atoms with Crippen LogP contribution < -0.4 is 0 Å². The minimum atomic E-state index is -0.867. The van der Waals surface area contributed by atoms with Crippen molar-refractivity contribution in [1.29, 1.82) is 0 Å². The van der Waals surface area contributed by atoms with E-state index in [1.807, 2.05) is 34.9 Å². The van der Waals surface area contributed by atoms with Crippen molar-refractivity contribution in [1.82, 2.24) is 4.57 Å². The Morgan fingerprint density at radius 3 is 2.43 bits per heavy atom. The number of carbonyl (C=O) groups is 1. The molecule has 1 N–H and O–H groups in total. The van der Waals surface area contributed by atoms with Crippen molar-refractivity contribution in [3.05, 3.63) is 58.4 Å². The van der Waals surface area contributed by atoms with Crippen molar-refractivity contribution in [3.63, 3.8) is 0 Å². The van der Waals surface area contributed by atoms with Gasteiger partial charge in [0.05, 0.1) is 0 Å². The number of hydrogen-bond acceptors (Lipinski definition) is 1. The van der Waals surface area contributed by atoms with E-state index in [1.165, 1.54) is 32.1 Å². The molecule has 1 aliphatic carbocycles. The van der Waals surface area contributed by atoms with E-state index in [1.54, 1.807) is 6.07 Å². The van der Waals surface area contributed by atoms with E-state index in [-0.39, 0.29) is 0 Å². The fraction of sp³-hybridized carbons (Fsp3) is 0.421. The van der Waals surface area contributed by atoms with Gasteiger partial charge in [-0.25, -0.2) is 4.79 Å². The van der Waals surface area contributed by atoms with Crippen LogP contribution in [0.15, 0.2) is 36.4 Å². The monoisotopic (exact) mass is 331 g/mol. The van der Waals surface area contributed by atoms with Crippen molar-refractivity contribution in [2.24, 2.45) is 5.92 Å². The van der Waals surface area contributed by atoms with Crippen molar-refractivity contribution in [3.8, 4) is 0 Å². The fourth-order valence-corrected chi connectivity index (χ4v) is 3.65. The standard InChI is InChI=1S/C19H22ClNO2/c20-16-8-6-15(7-9-16)13-21-17(10-11-18(21)19(22)23)12-14-4-2-1-3-5-14/h6-11,14H,1-5,12-13H2,(H,22,23). The summed E-state index contributed by atoms with van der Waals surface area (Å²) in [4.78, 5) is 11.5. The van der Waals surface area contributed by atoms with Gasteiger partial charge in [0.15, 0.2) is 0 Å². The number of aromatic carboxylic acids is 1. The van der Waals surface area contributed by atoms with Gasteiger partial charge in [-0.05, 0) is 42.2 Å². The molecule has 1 heterocycles. The zero-order valence-electron chi connectivity index (χ0n) is 13.2. The molecule has 4 heteroatoms. The maximum Gasteiger partial charge on any atom is 0.352 e. The Morgan fingerprint density at radius 2 is 1.78 bits per heavy atom. The summed E-state index contributed by atoms with van der Waals surface area (Å²) in [6, 6.07) is 11.3. The molecular formula is C19H22ClNO2. The number of rotatable bonds is 5. The Bertz CT molecular complexity index is 669. The first kappa shape index (κ1) is 16.1. The van der Waals surface area contributed by atoms with Crippen molar-refractivity contribution >= 4 is 17.6 Å². The molecular weight excluding hydrogens is 310 g/mol. The lowest BCUT2D eigenvalue weighted by atomic mass is 9.86. The summed E-state index contributed by atoms with van der Waals surface area (Å²) in [5.41, 5.74) is 2.56. The van der Waals surface area contributed by atoms with Gasteiger partial charge < -0.3 is 9.67 Å². The SMILES string of the molecule is O=C(O)c1ccc(CC2CCCCC2)n1Cc1ccc(Cl)cc1. The highest BCUT2D eigenvalue weighted by Crippen LogP contribution is 2.28. The van der Waals surface area contributed by atoms with Crippen LogP contribution in [0.1, 0.15) is 53.8 Å². The molecule has 122 valence electrons. The van der Waals surface area contributed by atoms with Crippen LogP contribution in [0.25, 0.3) is 0 Å². The second-order valence-corrected chi connectivity index (χ2v) is 6.87. The molecule has 0 radical (unpaired) electrons. The highest BCUT2D eigenvalue weighted by Gasteiger charge is 2.19. The Morgan fingerprint density at radius 1 is 1.09 bits per heavy atom. The summed E-state index contributed by atoms with van der Waals surface area (Å²) in [5, 5.41) is 10.2. The average molecular weight is 332 g/mol. The summed E-state index contributed by atoms with van der Waals surface area (Å²) in [7, 11) is 0. The Kier molecular flexibility index (Phi) is 5.06. The van der Waals surface area contributed by atoms with Crippen LogP contribution in [0.4, 0.5) is 0 Å². The molecule has 2 aromatic rings. The molecule has 1 aliphatic rings. The third-order valence-electron chi connectivity index (χ3n) is 4.77. The first-order valence-corrected chi connectivity index (χ1v) is 8.67. The number of carboxylic acids is 1. The lowest BCUT2D eigenvalue weighted by Crippen LogP contribution is -2.16. The van der Waals surface area contributed by atoms with Crippen LogP contribution >= 0.6 is 11.6 Å². The normalized spacial score (nSPS) is 15.7. The molecule has 1 saturated carbocycles. The van der Waals surface area contributed by atoms with Crippen LogP contribution in [-0.2, 0) is 13.0 Å². The topological polar surface area (TPSA) is 42.2 Å². The third-order valence-corrected chi connectivity index (χ3v) is 5.02. The highest BCUT2D eigenvalue weighted by atomic mass is 35.5. The predicted octanol–water partition coefficient (Wildman–Crippen LogP) is 5.01. The fourth-order valence-electron chi connectivity index (χ4n) is 3.52. The summed E-state index contributed by atoms with van der Waals surface area (Å²) >= 11 is 5.93. The van der Waals surface area contributed by atoms with Crippen LogP contribution in [0.2, 0.25) is 5.02 Å². The van der Waals surface area contributed by atoms with Gasteiger partial charge in [-0.2, -0.15) is 0 Å². The number of hydrogen-bond donors (Lipinski definition) is 1. The van der Waals surface area contributed by atoms with Crippen LogP contribution in [0, 0.1) is 5.92 Å². The zero-order valence-corrected chi connectivity index (χ0v) is 13.9. The second kappa shape index (κ2) is 7.22. The largest absolute Gasteiger partial charge is 0.477 e. The smallest absolute Gasteiger partial charge is 0.352 e. The van der Waals surface area contributed by atoms with Gasteiger partial charge in [-0.15, -0.1) is 0 Å². The Hall–Kier alpha value is -1.74. The predicted molar refractivity (Wildman–Crippen MR) is 92.2 cm³/mol. The minimum absolute atomic E-state index is 0.366. The quantitative estimate of drug-likeness (QED) is 0.836. The number of benzene rings is 1.